The van der Waals surface area contributed by atoms with E-state index < -0.39 is 11.7 Å². The van der Waals surface area contributed by atoms with E-state index in [2.05, 4.69) is 10.3 Å². The van der Waals surface area contributed by atoms with Gasteiger partial charge in [0.15, 0.2) is 5.71 Å². The Morgan fingerprint density at radius 1 is 1.11 bits per heavy atom. The van der Waals surface area contributed by atoms with Crippen LogP contribution in [0.15, 0.2) is 58.8 Å². The fourth-order valence-corrected chi connectivity index (χ4v) is 2.38. The van der Waals surface area contributed by atoms with Gasteiger partial charge in [0.25, 0.3) is 0 Å². The van der Waals surface area contributed by atoms with Crippen LogP contribution in [0.2, 0.25) is 0 Å². The van der Waals surface area contributed by atoms with E-state index in [4.69, 9.17) is 20.8 Å². The van der Waals surface area contributed by atoms with Crippen LogP contribution in [0, 0.1) is 5.41 Å². The highest BCUT2D eigenvalue weighted by Crippen LogP contribution is 2.29. The summed E-state index contributed by atoms with van der Waals surface area (Å²) >= 11 is 0. The summed E-state index contributed by atoms with van der Waals surface area (Å²) in [5.74, 6) is -0.280. The van der Waals surface area contributed by atoms with Crippen molar-refractivity contribution >= 4 is 17.3 Å². The zero-order valence-corrected chi connectivity index (χ0v) is 15.2. The summed E-state index contributed by atoms with van der Waals surface area (Å²) in [4.78, 5) is 10.0. The molecule has 9 heteroatoms. The molecule has 0 saturated carbocycles. The second-order valence-corrected chi connectivity index (χ2v) is 5.72. The van der Waals surface area contributed by atoms with Gasteiger partial charge in [-0.2, -0.15) is 13.2 Å². The Balaban J connectivity index is 2.19. The van der Waals surface area contributed by atoms with Crippen LogP contribution in [-0.2, 0) is 22.5 Å². The number of nitrogens with zero attached hydrogens (tertiary/aromatic N) is 2. The van der Waals surface area contributed by atoms with Gasteiger partial charge in [0, 0.05) is 11.1 Å². The van der Waals surface area contributed by atoms with Crippen molar-refractivity contribution in [3.8, 4) is 0 Å². The molecule has 3 N–H and O–H groups in total. The quantitative estimate of drug-likeness (QED) is 0.425. The van der Waals surface area contributed by atoms with E-state index in [1.165, 1.54) is 19.2 Å². The first-order valence-electron chi connectivity index (χ1n) is 8.12. The molecule has 0 fully saturated rings. The molecule has 0 heterocycles. The number of amidine groups is 1. The molecule has 0 aliphatic heterocycles. The van der Waals surface area contributed by atoms with Crippen LogP contribution in [0.3, 0.4) is 0 Å². The number of nitrogens with two attached hydrogens (primary N) is 1. The number of oxime groups is 2. The Labute approximate surface area is 159 Å². The lowest BCUT2D eigenvalue weighted by molar-refractivity contribution is -0.137. The lowest BCUT2D eigenvalue weighted by Gasteiger charge is -2.11. The molecule has 0 spiro atoms. The number of nitrogens with one attached hydrogen (secondary N) is 1. The Morgan fingerprint density at radius 2 is 1.82 bits per heavy atom. The van der Waals surface area contributed by atoms with Crippen molar-refractivity contribution in [1.82, 2.24) is 0 Å². The third-order valence-electron chi connectivity index (χ3n) is 3.74. The fourth-order valence-electron chi connectivity index (χ4n) is 2.38. The molecular formula is C19H19F3N4O2. The lowest BCUT2D eigenvalue weighted by atomic mass is 10.0. The molecule has 0 atom stereocenters. The Bertz CT molecular complexity index is 908. The smallest absolute Gasteiger partial charge is 0.399 e. The molecule has 2 rings (SSSR count). The highest BCUT2D eigenvalue weighted by molar-refractivity contribution is 6.46. The standard InChI is InChI=1S/C19H19F3N4O2/c1-12(13-7-5-8-15(10-13)19(20,21)22)25-28-11-14-6-3-4-9-16(14)17(18(23)24)26-27-2/h3-10H,11H2,1-2H3,(H3,23,24)/b25-12-,26-17+. The predicted molar refractivity (Wildman–Crippen MR) is 100 cm³/mol. The van der Waals surface area contributed by atoms with Crippen LogP contribution in [0.1, 0.15) is 29.2 Å². The molecule has 0 bridgehead atoms. The summed E-state index contributed by atoms with van der Waals surface area (Å²) in [5.41, 5.74) is 6.68. The van der Waals surface area contributed by atoms with Crippen LogP contribution < -0.4 is 5.73 Å². The third-order valence-corrected chi connectivity index (χ3v) is 3.74. The van der Waals surface area contributed by atoms with Crippen LogP contribution in [-0.4, -0.2) is 24.4 Å². The van der Waals surface area contributed by atoms with Gasteiger partial charge in [-0.15, -0.1) is 0 Å². The van der Waals surface area contributed by atoms with Gasteiger partial charge in [-0.25, -0.2) is 0 Å². The van der Waals surface area contributed by atoms with Crippen LogP contribution in [0.5, 0.6) is 0 Å². The first-order chi connectivity index (χ1) is 13.2. The molecule has 28 heavy (non-hydrogen) atoms. The summed E-state index contributed by atoms with van der Waals surface area (Å²) in [5, 5.41) is 15.3. The minimum Gasteiger partial charge on any atom is -0.399 e. The zero-order valence-electron chi connectivity index (χ0n) is 15.2. The minimum absolute atomic E-state index is 0.00247. The maximum Gasteiger partial charge on any atom is 0.416 e. The molecule has 0 amide bonds. The number of benzene rings is 2. The molecule has 0 aromatic heterocycles. The van der Waals surface area contributed by atoms with E-state index in [-0.39, 0.29) is 18.2 Å². The van der Waals surface area contributed by atoms with Crippen LogP contribution in [0.25, 0.3) is 0 Å². The average molecular weight is 392 g/mol. The summed E-state index contributed by atoms with van der Waals surface area (Å²) in [6.07, 6.45) is -4.43. The summed E-state index contributed by atoms with van der Waals surface area (Å²) in [6.45, 7) is 1.55. The molecule has 0 aliphatic rings. The second-order valence-electron chi connectivity index (χ2n) is 5.72. The number of rotatable bonds is 7. The minimum atomic E-state index is -4.43. The van der Waals surface area contributed by atoms with Crippen molar-refractivity contribution in [2.45, 2.75) is 19.7 Å². The molecular weight excluding hydrogens is 373 g/mol. The largest absolute Gasteiger partial charge is 0.416 e. The summed E-state index contributed by atoms with van der Waals surface area (Å²) in [7, 11) is 1.34. The van der Waals surface area contributed by atoms with Crippen molar-refractivity contribution < 1.29 is 22.8 Å². The third kappa shape index (κ3) is 5.32. The second kappa shape index (κ2) is 9.03. The molecule has 2 aromatic carbocycles. The Kier molecular flexibility index (Phi) is 6.75. The van der Waals surface area contributed by atoms with E-state index in [0.29, 0.717) is 22.4 Å². The molecule has 0 unspecified atom stereocenters. The van der Waals surface area contributed by atoms with Gasteiger partial charge in [0.2, 0.25) is 0 Å². The topological polar surface area (TPSA) is 93.0 Å². The molecule has 148 valence electrons. The normalized spacial score (nSPS) is 12.6. The molecule has 0 saturated heterocycles. The van der Waals surface area contributed by atoms with Gasteiger partial charge in [0.1, 0.15) is 19.6 Å². The first kappa shape index (κ1) is 20.9. The van der Waals surface area contributed by atoms with E-state index >= 15 is 0 Å². The average Bonchev–Trinajstić information content (AvgIpc) is 2.66. The molecule has 6 nitrogen and oxygen atoms in total. The van der Waals surface area contributed by atoms with Crippen molar-refractivity contribution in [2.24, 2.45) is 16.0 Å². The number of alkyl halides is 3. The SMILES string of the molecule is CO/N=C(/C(=N)N)c1ccccc1CO/N=C(/C)c1cccc(C(F)(F)F)c1. The number of hydrogen-bond donors (Lipinski definition) is 2. The predicted octanol–water partition coefficient (Wildman–Crippen LogP) is 3.93. The van der Waals surface area contributed by atoms with Gasteiger partial charge < -0.3 is 15.4 Å². The van der Waals surface area contributed by atoms with E-state index in [1.807, 2.05) is 0 Å². The first-order valence-corrected chi connectivity index (χ1v) is 8.12. The van der Waals surface area contributed by atoms with Crippen molar-refractivity contribution in [2.75, 3.05) is 7.11 Å². The van der Waals surface area contributed by atoms with Gasteiger partial charge in [-0.3, -0.25) is 5.41 Å². The fraction of sp³-hybridized carbons (Fsp3) is 0.211. The Hall–Kier alpha value is -3.36. The van der Waals surface area contributed by atoms with E-state index in [1.54, 1.807) is 31.2 Å². The Morgan fingerprint density at radius 3 is 2.46 bits per heavy atom. The van der Waals surface area contributed by atoms with Gasteiger partial charge >= 0.3 is 6.18 Å². The highest BCUT2D eigenvalue weighted by Gasteiger charge is 2.30. The van der Waals surface area contributed by atoms with Crippen molar-refractivity contribution in [3.05, 3.63) is 70.8 Å². The monoisotopic (exact) mass is 392 g/mol. The highest BCUT2D eigenvalue weighted by atomic mass is 19.4. The maximum absolute atomic E-state index is 12.8. The van der Waals surface area contributed by atoms with Gasteiger partial charge in [0.05, 0.1) is 11.3 Å². The summed E-state index contributed by atoms with van der Waals surface area (Å²) in [6, 6.07) is 11.8. The summed E-state index contributed by atoms with van der Waals surface area (Å²) < 4.78 is 38.5. The van der Waals surface area contributed by atoms with Gasteiger partial charge in [-0.05, 0) is 24.6 Å². The maximum atomic E-state index is 12.8. The zero-order chi connectivity index (χ0) is 20.7. The van der Waals surface area contributed by atoms with Crippen LogP contribution in [0.4, 0.5) is 13.2 Å². The number of hydrogen-bond acceptors (Lipinski definition) is 5. The lowest BCUT2D eigenvalue weighted by Crippen LogP contribution is -2.25. The van der Waals surface area contributed by atoms with Gasteiger partial charge in [-0.1, -0.05) is 46.7 Å². The van der Waals surface area contributed by atoms with E-state index in [9.17, 15) is 13.2 Å². The van der Waals surface area contributed by atoms with E-state index in [0.717, 1.165) is 12.1 Å². The molecule has 0 radical (unpaired) electrons. The van der Waals surface area contributed by atoms with Crippen molar-refractivity contribution in [3.63, 3.8) is 0 Å². The molecule has 0 aliphatic carbocycles. The number of halogens is 3. The van der Waals surface area contributed by atoms with Crippen molar-refractivity contribution in [1.29, 1.82) is 5.41 Å². The van der Waals surface area contributed by atoms with Crippen LogP contribution >= 0.6 is 0 Å². The molecule has 2 aromatic rings.